The van der Waals surface area contributed by atoms with Gasteiger partial charge in [-0.3, -0.25) is 9.78 Å². The predicted octanol–water partition coefficient (Wildman–Crippen LogP) is 4.74. The molecule has 3 aromatic rings. The van der Waals surface area contributed by atoms with Crippen molar-refractivity contribution < 1.29 is 0 Å². The number of likely N-dealkylation sites (tertiary alicyclic amines) is 1. The summed E-state index contributed by atoms with van der Waals surface area (Å²) in [5, 5.41) is 3.26. The predicted molar refractivity (Wildman–Crippen MR) is 122 cm³/mol. The highest BCUT2D eigenvalue weighted by atomic mass is 32.2. The van der Waals surface area contributed by atoms with Crippen LogP contribution in [-0.4, -0.2) is 39.8 Å². The summed E-state index contributed by atoms with van der Waals surface area (Å²) in [7, 11) is 0. The number of hydrogen-bond acceptors (Lipinski definition) is 5. The molecule has 1 spiro atoms. The molecule has 1 aliphatic carbocycles. The number of thioether (sulfide) groups is 1. The van der Waals surface area contributed by atoms with Crippen molar-refractivity contribution in [1.29, 1.82) is 0 Å². The van der Waals surface area contributed by atoms with Gasteiger partial charge in [0.25, 0.3) is 5.56 Å². The Morgan fingerprint density at radius 2 is 2.03 bits per heavy atom. The zero-order chi connectivity index (χ0) is 19.7. The monoisotopic (exact) mass is 425 g/mol. The molecule has 0 amide bonds. The van der Waals surface area contributed by atoms with Gasteiger partial charge in [0.15, 0.2) is 0 Å². The molecular weight excluding hydrogens is 398 g/mol. The van der Waals surface area contributed by atoms with Gasteiger partial charge in [0.1, 0.15) is 0 Å². The highest BCUT2D eigenvalue weighted by Gasteiger charge is 2.45. The van der Waals surface area contributed by atoms with Crippen LogP contribution in [0.1, 0.15) is 25.7 Å². The Kier molecular flexibility index (Phi) is 5.50. The number of piperidine rings is 1. The van der Waals surface area contributed by atoms with Gasteiger partial charge < -0.3 is 9.47 Å². The lowest BCUT2D eigenvalue weighted by Crippen LogP contribution is -2.48. The first-order valence-corrected chi connectivity index (χ1v) is 12.4. The largest absolute Gasteiger partial charge is 0.306 e. The summed E-state index contributed by atoms with van der Waals surface area (Å²) >= 11 is 3.82. The van der Waals surface area contributed by atoms with Gasteiger partial charge in [-0.1, -0.05) is 6.07 Å². The van der Waals surface area contributed by atoms with Crippen molar-refractivity contribution in [2.24, 2.45) is 11.3 Å². The molecule has 5 rings (SSSR count). The molecule has 0 aromatic carbocycles. The third-order valence-electron chi connectivity index (χ3n) is 6.74. The van der Waals surface area contributed by atoms with E-state index >= 15 is 0 Å². The highest BCUT2D eigenvalue weighted by Crippen LogP contribution is 2.53. The van der Waals surface area contributed by atoms with Crippen molar-refractivity contribution in [3.05, 3.63) is 58.5 Å². The molecule has 1 saturated carbocycles. The minimum Gasteiger partial charge on any atom is -0.306 e. The van der Waals surface area contributed by atoms with Gasteiger partial charge in [0, 0.05) is 36.5 Å². The Bertz CT molecular complexity index is 1010. The number of pyridine rings is 2. The van der Waals surface area contributed by atoms with E-state index in [-0.39, 0.29) is 5.56 Å². The van der Waals surface area contributed by atoms with Crippen LogP contribution in [0.25, 0.3) is 10.9 Å². The molecule has 6 heteroatoms. The fourth-order valence-electron chi connectivity index (χ4n) is 5.15. The van der Waals surface area contributed by atoms with E-state index in [4.69, 9.17) is 0 Å². The smallest absolute Gasteiger partial charge is 0.251 e. The standard InChI is InChI=1S/C23H27N3OS2/c27-21-4-3-19-5-8-24-16-20(19)26(21)17-18-14-23(15-18)6-9-25(10-7-23)11-13-29-22-2-1-12-28-22/h1-5,8,12,16,18H,6-7,9-11,13-15,17H2. The summed E-state index contributed by atoms with van der Waals surface area (Å²) in [6.07, 6.45) is 8.81. The first kappa shape index (κ1) is 19.3. The number of hydrogen-bond donors (Lipinski definition) is 0. The summed E-state index contributed by atoms with van der Waals surface area (Å²) in [6, 6.07) is 9.94. The van der Waals surface area contributed by atoms with Crippen molar-refractivity contribution in [2.75, 3.05) is 25.4 Å². The Morgan fingerprint density at radius 1 is 1.17 bits per heavy atom. The molecule has 152 valence electrons. The average molecular weight is 426 g/mol. The summed E-state index contributed by atoms with van der Waals surface area (Å²) < 4.78 is 3.37. The van der Waals surface area contributed by atoms with Gasteiger partial charge in [-0.05, 0) is 73.7 Å². The topological polar surface area (TPSA) is 38.1 Å². The molecule has 0 atom stereocenters. The number of thiophene rings is 1. The molecular formula is C23H27N3OS2. The van der Waals surface area contributed by atoms with Gasteiger partial charge in [-0.25, -0.2) is 0 Å². The molecule has 0 N–H and O–H groups in total. The summed E-state index contributed by atoms with van der Waals surface area (Å²) in [4.78, 5) is 19.3. The maximum atomic E-state index is 12.4. The Balaban J connectivity index is 1.12. The molecule has 0 radical (unpaired) electrons. The van der Waals surface area contributed by atoms with Crippen LogP contribution in [0.3, 0.4) is 0 Å². The molecule has 2 aliphatic rings. The van der Waals surface area contributed by atoms with Crippen LogP contribution in [-0.2, 0) is 6.54 Å². The normalized spacial score (nSPS) is 19.6. The fourth-order valence-corrected chi connectivity index (χ4v) is 7.02. The van der Waals surface area contributed by atoms with Crippen molar-refractivity contribution in [2.45, 2.75) is 36.4 Å². The second-order valence-corrected chi connectivity index (χ2v) is 11.0. The first-order chi connectivity index (χ1) is 14.2. The first-order valence-electron chi connectivity index (χ1n) is 10.5. The van der Waals surface area contributed by atoms with Gasteiger partial charge in [-0.2, -0.15) is 0 Å². The lowest BCUT2D eigenvalue weighted by molar-refractivity contribution is -0.0176. The third kappa shape index (κ3) is 4.16. The van der Waals surface area contributed by atoms with Crippen LogP contribution in [0.5, 0.6) is 0 Å². The van der Waals surface area contributed by atoms with E-state index in [1.54, 1.807) is 12.3 Å². The van der Waals surface area contributed by atoms with E-state index < -0.39 is 0 Å². The molecule has 1 saturated heterocycles. The van der Waals surface area contributed by atoms with E-state index in [0.717, 1.165) is 17.4 Å². The summed E-state index contributed by atoms with van der Waals surface area (Å²) in [5.41, 5.74) is 1.61. The van der Waals surface area contributed by atoms with Crippen LogP contribution >= 0.6 is 23.1 Å². The van der Waals surface area contributed by atoms with Crippen LogP contribution in [0, 0.1) is 11.3 Å². The Labute approximate surface area is 180 Å². The van der Waals surface area contributed by atoms with E-state index in [1.807, 2.05) is 46.0 Å². The van der Waals surface area contributed by atoms with Gasteiger partial charge in [0.05, 0.1) is 15.9 Å². The zero-order valence-corrected chi connectivity index (χ0v) is 18.3. The maximum Gasteiger partial charge on any atom is 0.251 e. The molecule has 4 nitrogen and oxygen atoms in total. The van der Waals surface area contributed by atoms with E-state index in [2.05, 4.69) is 27.4 Å². The molecule has 2 fully saturated rings. The summed E-state index contributed by atoms with van der Waals surface area (Å²) in [5.74, 6) is 1.81. The van der Waals surface area contributed by atoms with Crippen LogP contribution < -0.4 is 5.56 Å². The van der Waals surface area contributed by atoms with E-state index in [9.17, 15) is 4.79 Å². The molecule has 0 unspecified atom stereocenters. The second-order valence-electron chi connectivity index (χ2n) is 8.61. The van der Waals surface area contributed by atoms with Crippen molar-refractivity contribution in [3.8, 4) is 0 Å². The van der Waals surface area contributed by atoms with Crippen LogP contribution in [0.15, 0.2) is 57.1 Å². The zero-order valence-electron chi connectivity index (χ0n) is 16.6. The number of aromatic nitrogens is 2. The summed E-state index contributed by atoms with van der Waals surface area (Å²) in [6.45, 7) is 4.50. The SMILES string of the molecule is O=c1ccc2ccncc2n1CC1CC2(CCN(CCSc3cccs3)CC2)C1. The van der Waals surface area contributed by atoms with Gasteiger partial charge in [0.2, 0.25) is 0 Å². The van der Waals surface area contributed by atoms with E-state index in [1.165, 1.54) is 55.3 Å². The third-order valence-corrected chi connectivity index (χ3v) is 8.85. The van der Waals surface area contributed by atoms with Crippen molar-refractivity contribution in [1.82, 2.24) is 14.5 Å². The fraction of sp³-hybridized carbons (Fsp3) is 0.478. The van der Waals surface area contributed by atoms with Gasteiger partial charge in [-0.15, -0.1) is 23.1 Å². The maximum absolute atomic E-state index is 12.4. The number of fused-ring (bicyclic) bond motifs is 1. The Hall–Kier alpha value is -1.63. The molecule has 3 aromatic heterocycles. The Morgan fingerprint density at radius 3 is 2.83 bits per heavy atom. The van der Waals surface area contributed by atoms with Gasteiger partial charge >= 0.3 is 0 Å². The lowest BCUT2D eigenvalue weighted by atomic mass is 9.57. The van der Waals surface area contributed by atoms with E-state index in [0.29, 0.717) is 11.3 Å². The molecule has 29 heavy (non-hydrogen) atoms. The quantitative estimate of drug-likeness (QED) is 0.535. The molecule has 1 aliphatic heterocycles. The molecule has 0 bridgehead atoms. The number of rotatable bonds is 6. The van der Waals surface area contributed by atoms with Crippen LogP contribution in [0.4, 0.5) is 0 Å². The minimum absolute atomic E-state index is 0.101. The highest BCUT2D eigenvalue weighted by molar-refractivity contribution is 8.01. The minimum atomic E-state index is 0.101. The molecule has 4 heterocycles. The van der Waals surface area contributed by atoms with Crippen LogP contribution in [0.2, 0.25) is 0 Å². The number of nitrogens with zero attached hydrogens (tertiary/aromatic N) is 3. The lowest BCUT2D eigenvalue weighted by Gasteiger charge is -2.52. The van der Waals surface area contributed by atoms with Crippen molar-refractivity contribution >= 4 is 34.0 Å². The second kappa shape index (κ2) is 8.25. The van der Waals surface area contributed by atoms with Crippen molar-refractivity contribution in [3.63, 3.8) is 0 Å². The average Bonchev–Trinajstić information content (AvgIpc) is 3.23.